The number of rotatable bonds is 10. The van der Waals surface area contributed by atoms with Gasteiger partial charge in [-0.25, -0.2) is 4.98 Å². The summed E-state index contributed by atoms with van der Waals surface area (Å²) in [6.45, 7) is 2.10. The molecule has 4 aromatic rings. The number of ketones is 1. The van der Waals surface area contributed by atoms with Crippen LogP contribution < -0.4 is 15.0 Å². The van der Waals surface area contributed by atoms with Crippen molar-refractivity contribution >= 4 is 40.5 Å². The average Bonchev–Trinajstić information content (AvgIpc) is 3.70. The highest BCUT2D eigenvalue weighted by atomic mass is 35.5. The third kappa shape index (κ3) is 5.62. The first-order valence-electron chi connectivity index (χ1n) is 12.4. The Morgan fingerprint density at radius 3 is 2.64 bits per heavy atom. The lowest BCUT2D eigenvalue weighted by Crippen LogP contribution is -2.27. The van der Waals surface area contributed by atoms with E-state index in [2.05, 4.69) is 32.4 Å². The van der Waals surface area contributed by atoms with Crippen LogP contribution in [0.1, 0.15) is 48.6 Å². The second kappa shape index (κ2) is 11.0. The third-order valence-electron chi connectivity index (χ3n) is 6.54. The summed E-state index contributed by atoms with van der Waals surface area (Å²) in [7, 11) is 1.63. The van der Waals surface area contributed by atoms with Crippen LogP contribution >= 0.6 is 11.6 Å². The van der Waals surface area contributed by atoms with Gasteiger partial charge in [0, 0.05) is 19.0 Å². The molecule has 0 aliphatic heterocycles. The van der Waals surface area contributed by atoms with Crippen molar-refractivity contribution in [3.63, 3.8) is 0 Å². The second-order valence-corrected chi connectivity index (χ2v) is 9.79. The standard InChI is InChI=1S/C28H25ClN8O2/c1-17(38)3-6-19-11-24(29)25(12-20(19)13-30)33-28-34-27(26-32-15-22(14-31)37(26)35-28)36(21-7-8-21)16-18-4-9-23(39-2)10-5-18/h4-5,9-12,15,21H,3,6-8,16H2,1-2H3,(H,33,35). The number of fused-ring (bicyclic) bond motifs is 1. The topological polar surface area (TPSA) is 132 Å². The molecule has 1 aliphatic rings. The van der Waals surface area contributed by atoms with E-state index in [1.807, 2.05) is 24.3 Å². The van der Waals surface area contributed by atoms with Crippen molar-refractivity contribution in [3.05, 3.63) is 70.0 Å². The second-order valence-electron chi connectivity index (χ2n) is 9.38. The van der Waals surface area contributed by atoms with Crippen LogP contribution in [0, 0.1) is 22.7 Å². The van der Waals surface area contributed by atoms with Crippen LogP contribution in [-0.2, 0) is 17.8 Å². The molecule has 0 bridgehead atoms. The minimum atomic E-state index is 0.0370. The van der Waals surface area contributed by atoms with E-state index in [9.17, 15) is 15.3 Å². The monoisotopic (exact) mass is 540 g/mol. The molecule has 0 saturated heterocycles. The molecule has 0 unspecified atom stereocenters. The molecular weight excluding hydrogens is 516 g/mol. The molecule has 0 spiro atoms. The number of nitrogens with one attached hydrogen (secondary N) is 1. The number of benzene rings is 2. The minimum absolute atomic E-state index is 0.0370. The van der Waals surface area contributed by atoms with Gasteiger partial charge in [0.05, 0.1) is 35.6 Å². The fourth-order valence-electron chi connectivity index (χ4n) is 4.33. The van der Waals surface area contributed by atoms with Gasteiger partial charge in [0.25, 0.3) is 0 Å². The summed E-state index contributed by atoms with van der Waals surface area (Å²) >= 11 is 6.57. The van der Waals surface area contributed by atoms with E-state index in [0.29, 0.717) is 52.7 Å². The fraction of sp³-hybridized carbons (Fsp3) is 0.286. The minimum Gasteiger partial charge on any atom is -0.497 e. The van der Waals surface area contributed by atoms with Gasteiger partial charge in [-0.1, -0.05) is 23.7 Å². The van der Waals surface area contributed by atoms with Crippen LogP contribution in [0.5, 0.6) is 5.75 Å². The van der Waals surface area contributed by atoms with Gasteiger partial charge in [0.1, 0.15) is 17.6 Å². The maximum absolute atomic E-state index is 11.4. The number of aromatic nitrogens is 4. The van der Waals surface area contributed by atoms with Gasteiger partial charge >= 0.3 is 0 Å². The zero-order chi connectivity index (χ0) is 27.5. The van der Waals surface area contributed by atoms with Crippen LogP contribution in [0.3, 0.4) is 0 Å². The third-order valence-corrected chi connectivity index (χ3v) is 6.85. The number of anilines is 3. The first-order chi connectivity index (χ1) is 18.9. The molecule has 0 radical (unpaired) electrons. The number of Topliss-reactive ketones (excluding diaryl/α,β-unsaturated/α-hetero) is 1. The molecule has 11 heteroatoms. The summed E-state index contributed by atoms with van der Waals surface area (Å²) in [6.07, 6.45) is 4.25. The van der Waals surface area contributed by atoms with Gasteiger partial charge < -0.3 is 19.7 Å². The van der Waals surface area contributed by atoms with Crippen LogP contribution in [0.4, 0.5) is 17.5 Å². The van der Waals surface area contributed by atoms with E-state index in [0.717, 1.165) is 24.2 Å². The molecule has 1 fully saturated rings. The van der Waals surface area contributed by atoms with Crippen molar-refractivity contribution in [3.8, 4) is 17.9 Å². The maximum Gasteiger partial charge on any atom is 0.247 e. The van der Waals surface area contributed by atoms with Crippen molar-refractivity contribution in [1.29, 1.82) is 10.5 Å². The van der Waals surface area contributed by atoms with Gasteiger partial charge in [0.15, 0.2) is 17.2 Å². The van der Waals surface area contributed by atoms with E-state index in [4.69, 9.17) is 21.3 Å². The summed E-state index contributed by atoms with van der Waals surface area (Å²) in [5.74, 6) is 1.60. The molecule has 1 N–H and O–H groups in total. The molecule has 0 amide bonds. The number of carbonyl (C=O) groups excluding carboxylic acids is 1. The smallest absolute Gasteiger partial charge is 0.247 e. The largest absolute Gasteiger partial charge is 0.497 e. The molecule has 1 aliphatic carbocycles. The first-order valence-corrected chi connectivity index (χ1v) is 12.8. The number of hydrogen-bond acceptors (Lipinski definition) is 9. The van der Waals surface area contributed by atoms with E-state index < -0.39 is 0 Å². The van der Waals surface area contributed by atoms with Crippen molar-refractivity contribution < 1.29 is 9.53 Å². The van der Waals surface area contributed by atoms with Crippen LogP contribution in [0.15, 0.2) is 42.6 Å². The van der Waals surface area contributed by atoms with Gasteiger partial charge in [-0.05, 0) is 61.6 Å². The molecule has 10 nitrogen and oxygen atoms in total. The lowest BCUT2D eigenvalue weighted by Gasteiger charge is -2.24. The number of halogens is 1. The molecule has 5 rings (SSSR count). The number of methoxy groups -OCH3 is 1. The number of hydrogen-bond donors (Lipinski definition) is 1. The Morgan fingerprint density at radius 1 is 1.23 bits per heavy atom. The lowest BCUT2D eigenvalue weighted by molar-refractivity contribution is -0.116. The Balaban J connectivity index is 1.54. The SMILES string of the molecule is COc1ccc(CN(c2nc(Nc3cc(C#N)c(CCC(C)=O)cc3Cl)nn3c(C#N)cnc23)C2CC2)cc1. The zero-order valence-electron chi connectivity index (χ0n) is 21.5. The number of aryl methyl sites for hydroxylation is 1. The van der Waals surface area contributed by atoms with Crippen LogP contribution in [0.25, 0.3) is 5.65 Å². The lowest BCUT2D eigenvalue weighted by atomic mass is 10.0. The Labute approximate surface area is 230 Å². The van der Waals surface area contributed by atoms with Gasteiger partial charge in [-0.15, -0.1) is 5.10 Å². The summed E-state index contributed by atoms with van der Waals surface area (Å²) < 4.78 is 6.76. The molecule has 2 aromatic carbocycles. The van der Waals surface area contributed by atoms with Crippen molar-refractivity contribution in [2.24, 2.45) is 0 Å². The summed E-state index contributed by atoms with van der Waals surface area (Å²) in [5.41, 5.74) is 3.35. The van der Waals surface area contributed by atoms with Crippen molar-refractivity contribution in [2.45, 2.75) is 45.2 Å². The summed E-state index contributed by atoms with van der Waals surface area (Å²) in [4.78, 5) is 22.9. The Kier molecular flexibility index (Phi) is 7.31. The van der Waals surface area contributed by atoms with E-state index in [-0.39, 0.29) is 23.5 Å². The highest BCUT2D eigenvalue weighted by Crippen LogP contribution is 2.36. The highest BCUT2D eigenvalue weighted by Gasteiger charge is 2.33. The van der Waals surface area contributed by atoms with Crippen LogP contribution in [-0.4, -0.2) is 38.5 Å². The molecule has 196 valence electrons. The highest BCUT2D eigenvalue weighted by molar-refractivity contribution is 6.33. The molecule has 39 heavy (non-hydrogen) atoms. The molecule has 2 heterocycles. The Morgan fingerprint density at radius 2 is 2.00 bits per heavy atom. The first kappa shape index (κ1) is 26.0. The number of carbonyl (C=O) groups is 1. The van der Waals surface area contributed by atoms with Gasteiger partial charge in [-0.3, -0.25) is 0 Å². The summed E-state index contributed by atoms with van der Waals surface area (Å²) in [6, 6.07) is 15.7. The van der Waals surface area contributed by atoms with E-state index in [1.165, 1.54) is 17.6 Å². The predicted octanol–water partition coefficient (Wildman–Crippen LogP) is 4.96. The average molecular weight is 541 g/mol. The van der Waals surface area contributed by atoms with Crippen molar-refractivity contribution in [2.75, 3.05) is 17.3 Å². The van der Waals surface area contributed by atoms with Crippen LogP contribution in [0.2, 0.25) is 5.02 Å². The van der Waals surface area contributed by atoms with E-state index >= 15 is 0 Å². The Hall–Kier alpha value is -4.67. The molecule has 0 atom stereocenters. The fourth-order valence-corrected chi connectivity index (χ4v) is 4.57. The van der Waals surface area contributed by atoms with Gasteiger partial charge in [0.2, 0.25) is 5.95 Å². The molecular formula is C28H25ClN8O2. The number of nitriles is 2. The Bertz CT molecular complexity index is 1630. The van der Waals surface area contributed by atoms with E-state index in [1.54, 1.807) is 19.2 Å². The number of imidazole rings is 1. The molecule has 1 saturated carbocycles. The molecule has 2 aromatic heterocycles. The quantitative estimate of drug-likeness (QED) is 0.296. The number of nitrogens with zero attached hydrogens (tertiary/aromatic N) is 7. The zero-order valence-corrected chi connectivity index (χ0v) is 22.2. The summed E-state index contributed by atoms with van der Waals surface area (Å²) in [5, 5.41) is 27.4. The maximum atomic E-state index is 11.4. The van der Waals surface area contributed by atoms with Crippen molar-refractivity contribution in [1.82, 2.24) is 19.6 Å². The number of ether oxygens (including phenoxy) is 1. The predicted molar refractivity (Wildman–Crippen MR) is 146 cm³/mol. The normalized spacial score (nSPS) is 12.5. The van der Waals surface area contributed by atoms with Gasteiger partial charge in [-0.2, -0.15) is 20.0 Å².